The first-order chi connectivity index (χ1) is 15.8. The maximum Gasteiger partial charge on any atom is 0.294 e. The molecule has 6 nitrogen and oxygen atoms in total. The molecule has 1 N–H and O–H groups in total. The van der Waals surface area contributed by atoms with Gasteiger partial charge in [0.05, 0.1) is 6.26 Å². The lowest BCUT2D eigenvalue weighted by Crippen LogP contribution is -2.46. The molecule has 3 aromatic rings. The number of anilines is 1. The van der Waals surface area contributed by atoms with Crippen LogP contribution in [0.5, 0.6) is 0 Å². The first-order valence-electron chi connectivity index (χ1n) is 11.5. The predicted octanol–water partition coefficient (Wildman–Crippen LogP) is 5.42. The largest absolute Gasteiger partial charge is 0.459 e. The fourth-order valence-electron chi connectivity index (χ4n) is 4.33. The van der Waals surface area contributed by atoms with Gasteiger partial charge in [-0.3, -0.25) is 19.5 Å². The normalized spacial score (nSPS) is 15.2. The minimum atomic E-state index is -0.877. The number of carbonyl (C=O) groups is 2. The third-order valence-corrected chi connectivity index (χ3v) is 6.17. The highest BCUT2D eigenvalue weighted by molar-refractivity contribution is 6.08. The Hall–Kier alpha value is -3.41. The first kappa shape index (κ1) is 22.8. The van der Waals surface area contributed by atoms with Gasteiger partial charge in [0.1, 0.15) is 6.04 Å². The number of pyridine rings is 1. The van der Waals surface area contributed by atoms with Crippen LogP contribution >= 0.6 is 0 Å². The number of benzene rings is 1. The molecule has 1 aliphatic rings. The van der Waals surface area contributed by atoms with E-state index in [-0.39, 0.29) is 29.0 Å². The van der Waals surface area contributed by atoms with Crippen molar-refractivity contribution in [3.05, 3.63) is 84.1 Å². The van der Waals surface area contributed by atoms with Crippen molar-refractivity contribution in [2.75, 3.05) is 4.90 Å². The molecule has 1 aromatic carbocycles. The number of carbonyl (C=O) groups excluding carboxylic acids is 2. The molecule has 0 saturated heterocycles. The van der Waals surface area contributed by atoms with E-state index < -0.39 is 6.04 Å². The summed E-state index contributed by atoms with van der Waals surface area (Å²) in [6.07, 6.45) is 8.89. The van der Waals surface area contributed by atoms with Crippen LogP contribution in [0.15, 0.2) is 71.6 Å². The number of aromatic nitrogens is 1. The lowest BCUT2D eigenvalue weighted by atomic mass is 9.87. The number of furan rings is 1. The summed E-state index contributed by atoms with van der Waals surface area (Å²) in [6, 6.07) is 14.0. The number of rotatable bonds is 6. The molecular formula is C27H31N3O3. The van der Waals surface area contributed by atoms with Gasteiger partial charge in [-0.2, -0.15) is 0 Å². The van der Waals surface area contributed by atoms with Crippen LogP contribution in [-0.4, -0.2) is 22.8 Å². The van der Waals surface area contributed by atoms with Gasteiger partial charge in [-0.05, 0) is 54.2 Å². The molecule has 2 amide bonds. The third-order valence-electron chi connectivity index (χ3n) is 6.17. The maximum absolute atomic E-state index is 13.7. The van der Waals surface area contributed by atoms with Crippen LogP contribution in [0.25, 0.3) is 0 Å². The summed E-state index contributed by atoms with van der Waals surface area (Å²) in [5, 5.41) is 3.17. The van der Waals surface area contributed by atoms with Gasteiger partial charge in [0, 0.05) is 29.7 Å². The van der Waals surface area contributed by atoms with E-state index in [1.165, 1.54) is 11.2 Å². The molecular weight excluding hydrogens is 414 g/mol. The summed E-state index contributed by atoms with van der Waals surface area (Å²) in [7, 11) is 0. The molecule has 172 valence electrons. The zero-order chi connectivity index (χ0) is 23.4. The average molecular weight is 446 g/mol. The molecule has 4 rings (SSSR count). The first-order valence-corrected chi connectivity index (χ1v) is 11.5. The van der Waals surface area contributed by atoms with Crippen LogP contribution in [-0.2, 0) is 10.2 Å². The second kappa shape index (κ2) is 9.61. The highest BCUT2D eigenvalue weighted by Gasteiger charge is 2.36. The number of nitrogens with zero attached hydrogens (tertiary/aromatic N) is 2. The third kappa shape index (κ3) is 5.16. The summed E-state index contributed by atoms with van der Waals surface area (Å²) in [5.41, 5.74) is 2.38. The summed E-state index contributed by atoms with van der Waals surface area (Å²) in [5.74, 6) is -0.411. The highest BCUT2D eigenvalue weighted by Crippen LogP contribution is 2.32. The molecule has 1 fully saturated rings. The minimum absolute atomic E-state index is 0.0308. The minimum Gasteiger partial charge on any atom is -0.459 e. The predicted molar refractivity (Wildman–Crippen MR) is 128 cm³/mol. The van der Waals surface area contributed by atoms with Crippen molar-refractivity contribution in [2.24, 2.45) is 0 Å². The number of amides is 2. The fourth-order valence-corrected chi connectivity index (χ4v) is 4.33. The van der Waals surface area contributed by atoms with Gasteiger partial charge < -0.3 is 9.73 Å². The van der Waals surface area contributed by atoms with Gasteiger partial charge in [-0.25, -0.2) is 0 Å². The Balaban J connectivity index is 1.79. The Morgan fingerprint density at radius 1 is 1.06 bits per heavy atom. The SMILES string of the molecule is CC(C)(C)c1ccc(N(C(=O)c2ccco2)C(C(=O)NC2CCCC2)c2cccnc2)cc1. The van der Waals surface area contributed by atoms with Crippen LogP contribution in [0.1, 0.15) is 74.2 Å². The Bertz CT molecular complexity index is 1060. The molecule has 1 unspecified atom stereocenters. The lowest BCUT2D eigenvalue weighted by molar-refractivity contribution is -0.123. The molecule has 1 saturated carbocycles. The molecule has 0 spiro atoms. The Kier molecular flexibility index (Phi) is 6.63. The molecule has 2 heterocycles. The highest BCUT2D eigenvalue weighted by atomic mass is 16.3. The number of hydrogen-bond donors (Lipinski definition) is 1. The van der Waals surface area contributed by atoms with Crippen LogP contribution in [0, 0.1) is 0 Å². The van der Waals surface area contributed by atoms with Crippen LogP contribution < -0.4 is 10.2 Å². The molecule has 1 atom stereocenters. The van der Waals surface area contributed by atoms with E-state index in [0.29, 0.717) is 11.3 Å². The van der Waals surface area contributed by atoms with Crippen molar-refractivity contribution in [2.45, 2.75) is 64.0 Å². The smallest absolute Gasteiger partial charge is 0.294 e. The summed E-state index contributed by atoms with van der Waals surface area (Å²) < 4.78 is 5.44. The van der Waals surface area contributed by atoms with Gasteiger partial charge in [-0.1, -0.05) is 51.8 Å². The second-order valence-electron chi connectivity index (χ2n) is 9.63. The van der Waals surface area contributed by atoms with Crippen molar-refractivity contribution in [3.8, 4) is 0 Å². The number of nitrogens with one attached hydrogen (secondary N) is 1. The molecule has 0 bridgehead atoms. The standard InChI is InChI=1S/C27H31N3O3/c1-27(2,3)20-12-14-22(15-13-20)30(26(32)23-11-7-17-33-23)24(19-8-6-16-28-18-19)25(31)29-21-9-4-5-10-21/h6-8,11-18,21,24H,4-5,9-10H2,1-3H3,(H,29,31). The quantitative estimate of drug-likeness (QED) is 0.550. The molecule has 2 aromatic heterocycles. The van der Waals surface area contributed by atoms with Gasteiger partial charge >= 0.3 is 0 Å². The summed E-state index contributed by atoms with van der Waals surface area (Å²) in [4.78, 5) is 33.1. The summed E-state index contributed by atoms with van der Waals surface area (Å²) >= 11 is 0. The van der Waals surface area contributed by atoms with Crippen LogP contribution in [0.3, 0.4) is 0 Å². The Labute approximate surface area is 195 Å². The Morgan fingerprint density at radius 2 is 1.79 bits per heavy atom. The average Bonchev–Trinajstić information content (AvgIpc) is 3.51. The van der Waals surface area contributed by atoms with E-state index in [1.807, 2.05) is 30.3 Å². The van der Waals surface area contributed by atoms with E-state index in [1.54, 1.807) is 30.6 Å². The van der Waals surface area contributed by atoms with Crippen molar-refractivity contribution in [1.29, 1.82) is 0 Å². The van der Waals surface area contributed by atoms with E-state index >= 15 is 0 Å². The van der Waals surface area contributed by atoms with Crippen LogP contribution in [0.4, 0.5) is 5.69 Å². The van der Waals surface area contributed by atoms with E-state index in [0.717, 1.165) is 31.2 Å². The number of hydrogen-bond acceptors (Lipinski definition) is 4. The Morgan fingerprint density at radius 3 is 2.36 bits per heavy atom. The summed E-state index contributed by atoms with van der Waals surface area (Å²) in [6.45, 7) is 6.42. The maximum atomic E-state index is 13.7. The topological polar surface area (TPSA) is 75.4 Å². The van der Waals surface area contributed by atoms with Gasteiger partial charge in [-0.15, -0.1) is 0 Å². The molecule has 0 radical (unpaired) electrons. The van der Waals surface area contributed by atoms with Gasteiger partial charge in [0.25, 0.3) is 5.91 Å². The van der Waals surface area contributed by atoms with Crippen molar-refractivity contribution >= 4 is 17.5 Å². The van der Waals surface area contributed by atoms with Gasteiger partial charge in [0.15, 0.2) is 5.76 Å². The van der Waals surface area contributed by atoms with E-state index in [2.05, 4.69) is 31.1 Å². The zero-order valence-corrected chi connectivity index (χ0v) is 19.5. The van der Waals surface area contributed by atoms with E-state index in [9.17, 15) is 9.59 Å². The molecule has 33 heavy (non-hydrogen) atoms. The molecule has 0 aliphatic heterocycles. The van der Waals surface area contributed by atoms with Crippen molar-refractivity contribution < 1.29 is 14.0 Å². The lowest BCUT2D eigenvalue weighted by Gasteiger charge is -2.32. The fraction of sp³-hybridized carbons (Fsp3) is 0.370. The van der Waals surface area contributed by atoms with Crippen LogP contribution in [0.2, 0.25) is 0 Å². The zero-order valence-electron chi connectivity index (χ0n) is 19.5. The molecule has 6 heteroatoms. The van der Waals surface area contributed by atoms with Crippen molar-refractivity contribution in [1.82, 2.24) is 10.3 Å². The monoisotopic (exact) mass is 445 g/mol. The second-order valence-corrected chi connectivity index (χ2v) is 9.63. The van der Waals surface area contributed by atoms with Crippen molar-refractivity contribution in [3.63, 3.8) is 0 Å². The molecule has 1 aliphatic carbocycles. The van der Waals surface area contributed by atoms with Gasteiger partial charge in [0.2, 0.25) is 5.91 Å². The van der Waals surface area contributed by atoms with E-state index in [4.69, 9.17) is 4.42 Å².